The normalized spacial score (nSPS) is 20.3. The number of hydrogen-bond acceptors (Lipinski definition) is 19. The Morgan fingerprint density at radius 3 is 2.22 bits per heavy atom. The van der Waals surface area contributed by atoms with Crippen LogP contribution in [0.15, 0.2) is 36.6 Å². The predicted molar refractivity (Wildman–Crippen MR) is 248 cm³/mol. The summed E-state index contributed by atoms with van der Waals surface area (Å²) in [6.07, 6.45) is 11.9. The number of ether oxygens (including phenoxy) is 1. The van der Waals surface area contributed by atoms with E-state index in [2.05, 4.69) is 41.3 Å². The van der Waals surface area contributed by atoms with Crippen molar-refractivity contribution in [2.24, 2.45) is 5.41 Å². The average molecular weight is 1050 g/mol. The zero-order valence-electron chi connectivity index (χ0n) is 38.2. The highest BCUT2D eigenvalue weighted by atomic mass is 32.2. The molecule has 2 aromatic heterocycles. The largest absolute Gasteiger partial charge is 0.508 e. The van der Waals surface area contributed by atoms with Gasteiger partial charge in [-0.1, -0.05) is 103 Å². The summed E-state index contributed by atoms with van der Waals surface area (Å²) in [6, 6.07) is 0. The number of fused-ring (bicyclic) bond motifs is 1. The number of anilines is 1. The van der Waals surface area contributed by atoms with E-state index in [9.17, 15) is 63.0 Å². The van der Waals surface area contributed by atoms with Gasteiger partial charge in [-0.05, 0) is 18.9 Å². The molecule has 1 aliphatic rings. The molecule has 2 unspecified atom stereocenters. The third kappa shape index (κ3) is 21.5. The molecule has 68 heavy (non-hydrogen) atoms. The zero-order chi connectivity index (χ0) is 50.5. The number of hydrogen-bond donors (Lipinski definition) is 10. The highest BCUT2D eigenvalue weighted by molar-refractivity contribution is 8.14. The van der Waals surface area contributed by atoms with Crippen LogP contribution in [0.5, 0.6) is 0 Å². The molecule has 3 rings (SSSR count). The SMILES string of the molecule is CCCCCCCCCCCCCC=CC(O)=CC(=O)SCCNC(=O)CCNC(=O)[C@H](O)C(C)(C)COP(=O)(O)OP(=O)(O)OC[C@H]1O[C@@H](n2cnc3c(N)ncnc32)[C@H](O)[C@@H]1OP(=O)(O)O. The van der Waals surface area contributed by atoms with Gasteiger partial charge in [0.2, 0.25) is 16.9 Å². The number of allylic oxidation sites excluding steroid dienone is 2. The highest BCUT2D eigenvalue weighted by Crippen LogP contribution is 2.61. The van der Waals surface area contributed by atoms with Gasteiger partial charge in [-0.2, -0.15) is 4.31 Å². The fraction of sp³-hybridized carbons (Fsp3) is 0.692. The van der Waals surface area contributed by atoms with Crippen LogP contribution in [0.2, 0.25) is 0 Å². The maximum absolute atomic E-state index is 12.7. The van der Waals surface area contributed by atoms with E-state index < -0.39 is 89.7 Å². The van der Waals surface area contributed by atoms with Gasteiger partial charge in [0.25, 0.3) is 0 Å². The quantitative estimate of drug-likeness (QED) is 0.0156. The van der Waals surface area contributed by atoms with Crippen LogP contribution in [-0.2, 0) is 50.7 Å². The van der Waals surface area contributed by atoms with Gasteiger partial charge in [0, 0.05) is 36.8 Å². The second-order valence-electron chi connectivity index (χ2n) is 16.5. The number of phosphoric ester groups is 3. The van der Waals surface area contributed by atoms with E-state index in [0.29, 0.717) is 0 Å². The number of rotatable bonds is 33. The minimum atomic E-state index is -5.59. The number of carbonyl (C=O) groups excluding carboxylic acids is 3. The summed E-state index contributed by atoms with van der Waals surface area (Å²) in [6.45, 7) is 2.53. The van der Waals surface area contributed by atoms with Gasteiger partial charge in [-0.15, -0.1) is 0 Å². The number of carbonyl (C=O) groups is 3. The summed E-state index contributed by atoms with van der Waals surface area (Å²) in [5, 5.41) is 36.1. The lowest BCUT2D eigenvalue weighted by molar-refractivity contribution is -0.137. The van der Waals surface area contributed by atoms with E-state index in [1.165, 1.54) is 77.7 Å². The molecule has 29 heteroatoms. The number of aliphatic hydroxyl groups is 3. The van der Waals surface area contributed by atoms with Gasteiger partial charge >= 0.3 is 23.5 Å². The third-order valence-corrected chi connectivity index (χ3v) is 14.2. The molecular weight excluding hydrogens is 979 g/mol. The Morgan fingerprint density at radius 2 is 1.57 bits per heavy atom. The standard InChI is InChI=1S/C39H66N7O18P3S/c1-4-5-6-7-8-9-10-11-12-13-14-15-16-17-27(47)22-30(49)68-21-20-41-29(48)18-19-42-37(52)34(51)39(2,3)24-61-67(58,59)64-66(56,57)60-23-28-33(63-65(53,54)55)32(50)38(62-28)46-26-45-31-35(40)43-25-44-36(31)46/h16-17,22,25-26,28,32-34,38,47,50-51H,4-15,18-21,23-24H2,1-3H3,(H,41,48)(H,42,52)(H,56,57)(H,58,59)(H2,40,43,44)(H2,53,54,55)/t28-,32-,33-,34+,38-/m1/s1. The van der Waals surface area contributed by atoms with Crippen molar-refractivity contribution in [3.63, 3.8) is 0 Å². The van der Waals surface area contributed by atoms with Crippen molar-refractivity contribution in [1.29, 1.82) is 0 Å². The Hall–Kier alpha value is -3.16. The molecule has 0 aliphatic carbocycles. The molecule has 11 N–H and O–H groups in total. The molecule has 2 amide bonds. The Morgan fingerprint density at radius 1 is 0.941 bits per heavy atom. The van der Waals surface area contributed by atoms with Crippen LogP contribution in [0.25, 0.3) is 11.2 Å². The summed E-state index contributed by atoms with van der Waals surface area (Å²) in [5.74, 6) is -1.49. The molecule has 7 atom stereocenters. The molecular formula is C39H66N7O18P3S. The first kappa shape index (κ1) is 59.2. The molecule has 3 heterocycles. The number of aliphatic hydroxyl groups excluding tert-OH is 3. The smallest absolute Gasteiger partial charge is 0.481 e. The number of nitrogens with two attached hydrogens (primary N) is 1. The van der Waals surface area contributed by atoms with E-state index in [1.54, 1.807) is 0 Å². The van der Waals surface area contributed by atoms with Crippen LogP contribution in [0, 0.1) is 5.41 Å². The second-order valence-corrected chi connectivity index (χ2v) is 21.9. The number of phosphoric acid groups is 3. The first-order valence-electron chi connectivity index (χ1n) is 22.1. The number of nitrogens with zero attached hydrogens (tertiary/aromatic N) is 4. The minimum Gasteiger partial charge on any atom is -0.508 e. The second kappa shape index (κ2) is 28.6. The highest BCUT2D eigenvalue weighted by Gasteiger charge is 2.50. The molecule has 0 aromatic carbocycles. The van der Waals surface area contributed by atoms with Gasteiger partial charge in [-0.3, -0.25) is 32.5 Å². The summed E-state index contributed by atoms with van der Waals surface area (Å²) < 4.78 is 62.4. The summed E-state index contributed by atoms with van der Waals surface area (Å²) in [5.41, 5.74) is 4.24. The van der Waals surface area contributed by atoms with Gasteiger partial charge in [0.05, 0.1) is 19.5 Å². The van der Waals surface area contributed by atoms with Crippen molar-refractivity contribution in [2.75, 3.05) is 37.8 Å². The van der Waals surface area contributed by atoms with Crippen LogP contribution in [0.1, 0.15) is 110 Å². The summed E-state index contributed by atoms with van der Waals surface area (Å²) in [7, 11) is -16.5. The number of nitrogens with one attached hydrogen (secondary N) is 2. The first-order chi connectivity index (χ1) is 31.9. The molecule has 0 saturated carbocycles. The summed E-state index contributed by atoms with van der Waals surface area (Å²) >= 11 is 0.890. The Labute approximate surface area is 398 Å². The third-order valence-electron chi connectivity index (χ3n) is 10.3. The van der Waals surface area contributed by atoms with Crippen molar-refractivity contribution < 1.29 is 85.6 Å². The maximum Gasteiger partial charge on any atom is 0.481 e. The van der Waals surface area contributed by atoms with Crippen LogP contribution >= 0.6 is 35.2 Å². The topological polar surface area (TPSA) is 384 Å². The zero-order valence-corrected chi connectivity index (χ0v) is 41.7. The number of aromatic nitrogens is 4. The van der Waals surface area contributed by atoms with Crippen LogP contribution in [-0.4, -0.2) is 128 Å². The summed E-state index contributed by atoms with van der Waals surface area (Å²) in [4.78, 5) is 88.3. The lowest BCUT2D eigenvalue weighted by atomic mass is 9.87. The molecule has 386 valence electrons. The van der Waals surface area contributed by atoms with Gasteiger partial charge in [0.15, 0.2) is 17.7 Å². The number of unbranched alkanes of at least 4 members (excludes halogenated alkanes) is 11. The fourth-order valence-electron chi connectivity index (χ4n) is 6.62. The number of nitrogen functional groups attached to an aromatic ring is 1. The van der Waals surface area contributed by atoms with E-state index >= 15 is 0 Å². The molecule has 25 nitrogen and oxygen atoms in total. The predicted octanol–water partition coefficient (Wildman–Crippen LogP) is 4.36. The van der Waals surface area contributed by atoms with Crippen molar-refractivity contribution in [3.05, 3.63) is 36.6 Å². The molecule has 1 aliphatic heterocycles. The molecule has 0 radical (unpaired) electrons. The number of thioether (sulfide) groups is 1. The Kier molecular flexibility index (Phi) is 24.9. The van der Waals surface area contributed by atoms with Crippen LogP contribution in [0.4, 0.5) is 5.82 Å². The van der Waals surface area contributed by atoms with Gasteiger partial charge in [0.1, 0.15) is 42.0 Å². The molecule has 1 saturated heterocycles. The Bertz CT molecular complexity index is 2140. The van der Waals surface area contributed by atoms with Crippen molar-refractivity contribution >= 4 is 69.1 Å². The average Bonchev–Trinajstić information content (AvgIpc) is 3.82. The molecule has 1 fully saturated rings. The van der Waals surface area contributed by atoms with E-state index in [1.807, 2.05) is 6.08 Å². The monoisotopic (exact) mass is 1050 g/mol. The number of amides is 2. The fourth-order valence-corrected chi connectivity index (χ4v) is 10.1. The minimum absolute atomic E-state index is 0.0257. The van der Waals surface area contributed by atoms with E-state index in [0.717, 1.165) is 54.3 Å². The molecule has 0 spiro atoms. The van der Waals surface area contributed by atoms with E-state index in [-0.39, 0.29) is 48.0 Å². The first-order valence-corrected chi connectivity index (χ1v) is 27.6. The Balaban J connectivity index is 1.34. The van der Waals surface area contributed by atoms with Gasteiger partial charge < -0.3 is 56.0 Å². The van der Waals surface area contributed by atoms with Crippen molar-refractivity contribution in [1.82, 2.24) is 30.2 Å². The molecule has 0 bridgehead atoms. The van der Waals surface area contributed by atoms with Crippen LogP contribution in [0.3, 0.4) is 0 Å². The lowest BCUT2D eigenvalue weighted by Gasteiger charge is -2.30. The maximum atomic E-state index is 12.7. The number of imidazole rings is 1. The van der Waals surface area contributed by atoms with E-state index in [4.69, 9.17) is 19.5 Å². The van der Waals surface area contributed by atoms with Crippen LogP contribution < -0.4 is 16.4 Å². The van der Waals surface area contributed by atoms with Crippen molar-refractivity contribution in [3.8, 4) is 0 Å². The lowest BCUT2D eigenvalue weighted by Crippen LogP contribution is -2.46. The molecule has 2 aromatic rings. The van der Waals surface area contributed by atoms with Crippen molar-refractivity contribution in [2.45, 2.75) is 135 Å². The van der Waals surface area contributed by atoms with Gasteiger partial charge in [-0.25, -0.2) is 28.6 Å².